The van der Waals surface area contributed by atoms with Crippen molar-refractivity contribution in [3.8, 4) is 0 Å². The maximum absolute atomic E-state index is 13.0. The first kappa shape index (κ1) is 18.3. The smallest absolute Gasteiger partial charge is 0.290 e. The lowest BCUT2D eigenvalue weighted by molar-refractivity contribution is -0.122. The van der Waals surface area contributed by atoms with Gasteiger partial charge in [0.2, 0.25) is 0 Å². The van der Waals surface area contributed by atoms with Crippen molar-refractivity contribution in [2.24, 2.45) is 13.0 Å². The molecule has 4 rings (SSSR count). The molecule has 0 unspecified atom stereocenters. The van der Waals surface area contributed by atoms with Gasteiger partial charge in [-0.05, 0) is 13.1 Å². The normalized spacial score (nSPS) is 23.1. The summed E-state index contributed by atoms with van der Waals surface area (Å²) in [6.07, 6.45) is 3.37. The number of carbonyl (C=O) groups is 2. The van der Waals surface area contributed by atoms with Gasteiger partial charge in [0.25, 0.3) is 12.4 Å². The van der Waals surface area contributed by atoms with Crippen molar-refractivity contribution in [3.05, 3.63) is 24.0 Å². The molecule has 0 radical (unpaired) electrons. The van der Waals surface area contributed by atoms with E-state index in [2.05, 4.69) is 22.0 Å². The number of aryl methyl sites for hydroxylation is 1. The molecule has 4 heterocycles. The van der Waals surface area contributed by atoms with Crippen molar-refractivity contribution in [2.75, 3.05) is 39.9 Å². The molecule has 2 aromatic rings. The topological polar surface area (TPSA) is 101 Å². The van der Waals surface area contributed by atoms with Gasteiger partial charge in [0.1, 0.15) is 5.52 Å². The first-order valence-corrected chi connectivity index (χ1v) is 8.46. The first-order chi connectivity index (χ1) is 12.5. The van der Waals surface area contributed by atoms with Gasteiger partial charge < -0.3 is 14.7 Å². The third-order valence-electron chi connectivity index (χ3n) is 4.88. The molecule has 2 saturated heterocycles. The predicted octanol–water partition coefficient (Wildman–Crippen LogP) is 0.0717. The molecule has 0 saturated carbocycles. The Kier molecular flexibility index (Phi) is 5.48. The molecular weight excluding hydrogens is 338 g/mol. The summed E-state index contributed by atoms with van der Waals surface area (Å²) in [4.78, 5) is 30.0. The molecule has 9 nitrogen and oxygen atoms in total. The standard InChI is InChI=1S/C16H21N5O2.CH2O2/c1-19-6-11-7-21(8-13(19)10-23-9-11)16(22)12-3-15-14(17-4-12)5-18-20(15)2;2-1-3/h3-5,11,13H,6-10H2,1-2H3;1H,(H,2,3)/t11-,13+;/m1./s1. The summed E-state index contributed by atoms with van der Waals surface area (Å²) in [5, 5.41) is 11.1. The highest BCUT2D eigenvalue weighted by molar-refractivity contribution is 5.96. The molecule has 2 aromatic heterocycles. The number of pyridine rings is 1. The molecule has 0 spiro atoms. The second-order valence-corrected chi connectivity index (χ2v) is 6.71. The Morgan fingerprint density at radius 3 is 2.81 bits per heavy atom. The molecule has 2 fully saturated rings. The molecule has 2 bridgehead atoms. The average molecular weight is 361 g/mol. The number of rotatable bonds is 1. The fourth-order valence-corrected chi connectivity index (χ4v) is 3.54. The number of likely N-dealkylation sites (N-methyl/N-ethyl adjacent to an activating group) is 1. The molecule has 0 aromatic carbocycles. The van der Waals surface area contributed by atoms with E-state index in [0.29, 0.717) is 24.6 Å². The van der Waals surface area contributed by atoms with E-state index in [0.717, 1.165) is 30.7 Å². The van der Waals surface area contributed by atoms with Gasteiger partial charge in [-0.15, -0.1) is 0 Å². The third-order valence-corrected chi connectivity index (χ3v) is 4.88. The summed E-state index contributed by atoms with van der Waals surface area (Å²) >= 11 is 0. The predicted molar refractivity (Wildman–Crippen MR) is 93.8 cm³/mol. The van der Waals surface area contributed by atoms with Crippen molar-refractivity contribution in [2.45, 2.75) is 6.04 Å². The van der Waals surface area contributed by atoms with Crippen LogP contribution >= 0.6 is 0 Å². The van der Waals surface area contributed by atoms with Crippen LogP contribution in [0.1, 0.15) is 10.4 Å². The van der Waals surface area contributed by atoms with Gasteiger partial charge in [-0.2, -0.15) is 5.10 Å². The van der Waals surface area contributed by atoms with Gasteiger partial charge in [0.05, 0.1) is 36.5 Å². The number of fused-ring (bicyclic) bond motifs is 4. The molecule has 9 heteroatoms. The summed E-state index contributed by atoms with van der Waals surface area (Å²) in [5.41, 5.74) is 2.32. The van der Waals surface area contributed by atoms with E-state index >= 15 is 0 Å². The Balaban J connectivity index is 0.000000613. The number of ether oxygens (including phenoxy) is 1. The number of aromatic nitrogens is 3. The van der Waals surface area contributed by atoms with E-state index in [1.54, 1.807) is 17.1 Å². The van der Waals surface area contributed by atoms with Gasteiger partial charge >= 0.3 is 0 Å². The van der Waals surface area contributed by atoms with Crippen LogP contribution in [0.3, 0.4) is 0 Å². The second kappa shape index (κ2) is 7.79. The van der Waals surface area contributed by atoms with Crippen LogP contribution in [-0.4, -0.2) is 88.0 Å². The van der Waals surface area contributed by atoms with E-state index < -0.39 is 0 Å². The summed E-state index contributed by atoms with van der Waals surface area (Å²) in [5.74, 6) is 0.414. The largest absolute Gasteiger partial charge is 0.483 e. The fraction of sp³-hybridized carbons (Fsp3) is 0.529. The van der Waals surface area contributed by atoms with E-state index in [4.69, 9.17) is 14.6 Å². The number of hydrogen-bond acceptors (Lipinski definition) is 6. The van der Waals surface area contributed by atoms with Crippen LogP contribution in [0.2, 0.25) is 0 Å². The van der Waals surface area contributed by atoms with Gasteiger partial charge in [-0.25, -0.2) is 0 Å². The summed E-state index contributed by atoms with van der Waals surface area (Å²) < 4.78 is 7.47. The van der Waals surface area contributed by atoms with Crippen LogP contribution in [0.25, 0.3) is 11.0 Å². The fourth-order valence-electron chi connectivity index (χ4n) is 3.54. The molecule has 0 aliphatic carbocycles. The molecule has 2 atom stereocenters. The maximum atomic E-state index is 13.0. The second-order valence-electron chi connectivity index (χ2n) is 6.71. The molecule has 1 N–H and O–H groups in total. The van der Waals surface area contributed by atoms with E-state index in [1.807, 2.05) is 18.0 Å². The zero-order chi connectivity index (χ0) is 18.7. The Labute approximate surface area is 151 Å². The summed E-state index contributed by atoms with van der Waals surface area (Å²) in [6, 6.07) is 2.15. The highest BCUT2D eigenvalue weighted by Crippen LogP contribution is 2.21. The molecule has 2 aliphatic rings. The van der Waals surface area contributed by atoms with Crippen molar-refractivity contribution in [3.63, 3.8) is 0 Å². The highest BCUT2D eigenvalue weighted by atomic mass is 16.5. The minimum atomic E-state index is -0.250. The van der Waals surface area contributed by atoms with Gasteiger partial charge in [-0.3, -0.25) is 24.2 Å². The Morgan fingerprint density at radius 2 is 2.04 bits per heavy atom. The zero-order valence-corrected chi connectivity index (χ0v) is 14.9. The first-order valence-electron chi connectivity index (χ1n) is 8.46. The quantitative estimate of drug-likeness (QED) is 0.718. The molecular formula is C17H23N5O4. The zero-order valence-electron chi connectivity index (χ0n) is 14.9. The minimum absolute atomic E-state index is 0.0489. The van der Waals surface area contributed by atoms with Crippen molar-refractivity contribution in [1.29, 1.82) is 0 Å². The van der Waals surface area contributed by atoms with Crippen molar-refractivity contribution >= 4 is 23.4 Å². The number of carbonyl (C=O) groups excluding carboxylic acids is 1. The summed E-state index contributed by atoms with van der Waals surface area (Å²) in [7, 11) is 3.98. The SMILES string of the molecule is CN1C[C@H]2COC[C@@H]1CN(C(=O)c1cnc3cnn(C)c3c1)C2.O=CO. The number of nitrogens with zero attached hydrogens (tertiary/aromatic N) is 5. The van der Waals surface area contributed by atoms with Crippen LogP contribution in [-0.2, 0) is 16.6 Å². The molecule has 2 aliphatic heterocycles. The third kappa shape index (κ3) is 3.68. The molecule has 140 valence electrons. The minimum Gasteiger partial charge on any atom is -0.483 e. The van der Waals surface area contributed by atoms with Gasteiger partial charge in [-0.1, -0.05) is 0 Å². The van der Waals surface area contributed by atoms with Crippen LogP contribution < -0.4 is 0 Å². The monoisotopic (exact) mass is 361 g/mol. The van der Waals surface area contributed by atoms with E-state index in [9.17, 15) is 4.79 Å². The van der Waals surface area contributed by atoms with E-state index in [1.165, 1.54) is 0 Å². The van der Waals surface area contributed by atoms with Crippen molar-refractivity contribution < 1.29 is 19.4 Å². The number of amides is 1. The lowest BCUT2D eigenvalue weighted by atomic mass is 10.1. The number of carboxylic acid groups (broad SMARTS) is 1. The van der Waals surface area contributed by atoms with Crippen LogP contribution in [0.4, 0.5) is 0 Å². The van der Waals surface area contributed by atoms with Gasteiger partial charge in [0.15, 0.2) is 0 Å². The van der Waals surface area contributed by atoms with Gasteiger partial charge in [0, 0.05) is 38.8 Å². The lowest BCUT2D eigenvalue weighted by Gasteiger charge is -2.29. The Morgan fingerprint density at radius 1 is 1.27 bits per heavy atom. The molecule has 26 heavy (non-hydrogen) atoms. The van der Waals surface area contributed by atoms with Crippen molar-refractivity contribution in [1.82, 2.24) is 24.6 Å². The van der Waals surface area contributed by atoms with Crippen LogP contribution in [0.15, 0.2) is 18.5 Å². The number of hydrogen-bond donors (Lipinski definition) is 1. The Bertz CT molecular complexity index is 793. The molecule has 1 amide bonds. The summed E-state index contributed by atoms with van der Waals surface area (Å²) in [6.45, 7) is 3.59. The van der Waals surface area contributed by atoms with E-state index in [-0.39, 0.29) is 18.4 Å². The Hall–Kier alpha value is -2.52. The van der Waals surface area contributed by atoms with Crippen LogP contribution in [0.5, 0.6) is 0 Å². The average Bonchev–Trinajstić information content (AvgIpc) is 2.78. The van der Waals surface area contributed by atoms with Crippen LogP contribution in [0, 0.1) is 5.92 Å². The maximum Gasteiger partial charge on any atom is 0.290 e. The highest BCUT2D eigenvalue weighted by Gasteiger charge is 2.33. The lowest BCUT2D eigenvalue weighted by Crippen LogP contribution is -2.44.